The maximum absolute atomic E-state index is 13.0. The largest absolute Gasteiger partial charge is 0.287 e. The maximum Gasteiger partial charge on any atom is 0.219 e. The Balaban J connectivity index is 1.73. The lowest BCUT2D eigenvalue weighted by Gasteiger charge is -2.15. The van der Waals surface area contributed by atoms with E-state index in [0.29, 0.717) is 16.8 Å². The summed E-state index contributed by atoms with van der Waals surface area (Å²) in [6, 6.07) is 16.3. The summed E-state index contributed by atoms with van der Waals surface area (Å²) in [4.78, 5) is 21.7. The van der Waals surface area contributed by atoms with Crippen LogP contribution in [0.25, 0.3) is 16.9 Å². The number of hydrogen-bond acceptors (Lipinski definition) is 5. The molecule has 0 saturated carbocycles. The van der Waals surface area contributed by atoms with Crippen molar-refractivity contribution in [3.8, 4) is 23.6 Å². The van der Waals surface area contributed by atoms with Gasteiger partial charge in [-0.15, -0.1) is 6.42 Å². The molecule has 33 heavy (non-hydrogen) atoms. The van der Waals surface area contributed by atoms with E-state index < -0.39 is 15.3 Å². The highest BCUT2D eigenvalue weighted by Crippen LogP contribution is 2.28. The number of sulfonamides is 1. The van der Waals surface area contributed by atoms with Crippen molar-refractivity contribution in [2.24, 2.45) is 0 Å². The van der Waals surface area contributed by atoms with Crippen molar-refractivity contribution < 1.29 is 13.2 Å². The Morgan fingerprint density at radius 3 is 2.64 bits per heavy atom. The molecule has 4 rings (SSSR count). The van der Waals surface area contributed by atoms with Gasteiger partial charge >= 0.3 is 0 Å². The van der Waals surface area contributed by atoms with Gasteiger partial charge in [-0.2, -0.15) is 0 Å². The minimum Gasteiger partial charge on any atom is -0.287 e. The first-order chi connectivity index (χ1) is 15.8. The summed E-state index contributed by atoms with van der Waals surface area (Å²) >= 11 is 0. The minimum absolute atomic E-state index is 0.0653. The van der Waals surface area contributed by atoms with Crippen LogP contribution in [0.2, 0.25) is 0 Å². The van der Waals surface area contributed by atoms with Crippen LogP contribution in [0.5, 0.6) is 0 Å². The third-order valence-electron chi connectivity index (χ3n) is 5.45. The zero-order chi connectivity index (χ0) is 23.6. The number of ketones is 1. The molecule has 166 valence electrons. The van der Waals surface area contributed by atoms with Gasteiger partial charge in [-0.3, -0.25) is 9.20 Å². The molecule has 0 aliphatic rings. The summed E-state index contributed by atoms with van der Waals surface area (Å²) in [7, 11) is -3.63. The fourth-order valence-electron chi connectivity index (χ4n) is 3.53. The van der Waals surface area contributed by atoms with E-state index in [2.05, 4.69) is 20.6 Å². The highest BCUT2D eigenvalue weighted by atomic mass is 32.2. The van der Waals surface area contributed by atoms with E-state index in [-0.39, 0.29) is 18.0 Å². The molecule has 8 heteroatoms. The van der Waals surface area contributed by atoms with Crippen LogP contribution in [0.15, 0.2) is 67.1 Å². The van der Waals surface area contributed by atoms with E-state index >= 15 is 0 Å². The molecular formula is C25H22N4O3S. The van der Waals surface area contributed by atoms with Crippen molar-refractivity contribution >= 4 is 21.5 Å². The minimum atomic E-state index is -3.63. The first-order valence-electron chi connectivity index (χ1n) is 10.3. The number of rotatable bonds is 7. The van der Waals surface area contributed by atoms with Gasteiger partial charge in [-0.05, 0) is 37.1 Å². The zero-order valence-electron chi connectivity index (χ0n) is 18.2. The highest BCUT2D eigenvalue weighted by Gasteiger charge is 2.23. The number of aromatic nitrogens is 3. The molecule has 0 amide bonds. The summed E-state index contributed by atoms with van der Waals surface area (Å²) in [5, 5.41) is -0.801. The first-order valence-corrected chi connectivity index (χ1v) is 11.8. The Morgan fingerprint density at radius 1 is 1.15 bits per heavy atom. The van der Waals surface area contributed by atoms with Gasteiger partial charge < -0.3 is 0 Å². The second kappa shape index (κ2) is 8.98. The van der Waals surface area contributed by atoms with Gasteiger partial charge in [0, 0.05) is 11.8 Å². The molecule has 2 aromatic carbocycles. The van der Waals surface area contributed by atoms with E-state index in [1.165, 1.54) is 0 Å². The smallest absolute Gasteiger partial charge is 0.219 e. The highest BCUT2D eigenvalue weighted by molar-refractivity contribution is 7.89. The average molecular weight is 459 g/mol. The number of hydrogen-bond donors (Lipinski definition) is 1. The van der Waals surface area contributed by atoms with Gasteiger partial charge in [0.1, 0.15) is 6.33 Å². The summed E-state index contributed by atoms with van der Waals surface area (Å²) in [6.07, 6.45) is 8.35. The van der Waals surface area contributed by atoms with Crippen LogP contribution in [0.4, 0.5) is 0 Å². The molecule has 2 aromatic heterocycles. The van der Waals surface area contributed by atoms with Crippen molar-refractivity contribution in [3.05, 3.63) is 89.5 Å². The summed E-state index contributed by atoms with van der Waals surface area (Å²) in [6.45, 7) is 3.50. The Labute approximate surface area is 192 Å². The number of nitrogens with zero attached hydrogens (tertiary/aromatic N) is 3. The predicted molar refractivity (Wildman–Crippen MR) is 127 cm³/mol. The molecule has 1 N–H and O–H groups in total. The molecule has 1 unspecified atom stereocenters. The number of nitrogens with one attached hydrogen (secondary N) is 1. The summed E-state index contributed by atoms with van der Waals surface area (Å²) < 4.78 is 29.2. The van der Waals surface area contributed by atoms with Crippen LogP contribution in [0, 0.1) is 19.3 Å². The van der Waals surface area contributed by atoms with Gasteiger partial charge in [0.25, 0.3) is 0 Å². The van der Waals surface area contributed by atoms with Crippen molar-refractivity contribution in [3.63, 3.8) is 0 Å². The molecule has 0 aliphatic heterocycles. The number of fused-ring (bicyclic) bond motifs is 1. The average Bonchev–Trinajstić information content (AvgIpc) is 3.26. The Hall–Kier alpha value is -3.80. The number of terminal acetylenes is 1. The van der Waals surface area contributed by atoms with E-state index in [0.717, 1.165) is 16.8 Å². The topological polar surface area (TPSA) is 93.4 Å². The van der Waals surface area contributed by atoms with Crippen molar-refractivity contribution in [2.45, 2.75) is 19.1 Å². The van der Waals surface area contributed by atoms with Crippen LogP contribution in [-0.4, -0.2) is 35.1 Å². The fraction of sp³-hybridized carbons (Fsp3) is 0.160. The second-order valence-electron chi connectivity index (χ2n) is 7.65. The van der Waals surface area contributed by atoms with Crippen LogP contribution >= 0.6 is 0 Å². The van der Waals surface area contributed by atoms with Crippen LogP contribution < -0.4 is 4.72 Å². The number of imidazole rings is 1. The van der Waals surface area contributed by atoms with Crippen molar-refractivity contribution in [1.82, 2.24) is 19.1 Å². The number of carbonyl (C=O) groups is 1. The van der Waals surface area contributed by atoms with Gasteiger partial charge in [-0.25, -0.2) is 23.1 Å². The molecule has 0 radical (unpaired) electrons. The first kappa shape index (κ1) is 22.4. The zero-order valence-corrected chi connectivity index (χ0v) is 19.0. The fourth-order valence-corrected chi connectivity index (χ4v) is 4.57. The summed E-state index contributed by atoms with van der Waals surface area (Å²) in [5.74, 6) is 2.07. The molecule has 0 saturated heterocycles. The Kier molecular flexibility index (Phi) is 6.09. The molecule has 7 nitrogen and oxygen atoms in total. The molecule has 0 aliphatic carbocycles. The molecule has 0 bridgehead atoms. The van der Waals surface area contributed by atoms with Crippen molar-refractivity contribution in [1.29, 1.82) is 0 Å². The lowest BCUT2D eigenvalue weighted by molar-refractivity contribution is 0.103. The standard InChI is InChI=1S/C25H22N4O3S/c1-4-13-28-33(31,32)18(3)20-6-5-7-21(15-20)22-12-14-26-25-23(27-16-29(22)25)24(30)19-10-8-17(2)9-11-19/h1,5-12,14-16,18,28H,13H2,2-3H3. The molecule has 2 heterocycles. The van der Waals surface area contributed by atoms with Gasteiger partial charge in [-0.1, -0.05) is 53.9 Å². The quantitative estimate of drug-likeness (QED) is 0.338. The van der Waals surface area contributed by atoms with Crippen LogP contribution in [0.1, 0.15) is 39.4 Å². The number of benzene rings is 2. The van der Waals surface area contributed by atoms with E-state index in [9.17, 15) is 13.2 Å². The maximum atomic E-state index is 13.0. The Bertz CT molecular complexity index is 1480. The van der Waals surface area contributed by atoms with E-state index in [4.69, 9.17) is 6.42 Å². The van der Waals surface area contributed by atoms with Crippen LogP contribution in [-0.2, 0) is 10.0 Å². The number of carbonyl (C=O) groups excluding carboxylic acids is 1. The van der Waals surface area contributed by atoms with Gasteiger partial charge in [0.05, 0.1) is 17.5 Å². The molecule has 0 fully saturated rings. The monoisotopic (exact) mass is 458 g/mol. The molecule has 1 atom stereocenters. The number of aryl methyl sites for hydroxylation is 1. The lowest BCUT2D eigenvalue weighted by atomic mass is 10.1. The molecule has 4 aromatic rings. The van der Waals surface area contributed by atoms with E-state index in [1.54, 1.807) is 60.2 Å². The molecule has 0 spiro atoms. The van der Waals surface area contributed by atoms with Crippen molar-refractivity contribution in [2.75, 3.05) is 6.54 Å². The third-order valence-corrected chi connectivity index (χ3v) is 7.20. The third kappa shape index (κ3) is 4.42. The van der Waals surface area contributed by atoms with E-state index in [1.807, 2.05) is 25.1 Å². The normalized spacial score (nSPS) is 12.4. The predicted octanol–water partition coefficient (Wildman–Crippen LogP) is 3.55. The Morgan fingerprint density at radius 2 is 1.91 bits per heavy atom. The SMILES string of the molecule is C#CCNS(=O)(=O)C(C)c1cccc(-c2ccnc3c(C(=O)c4ccc(C)cc4)ncn23)c1. The second-order valence-corrected chi connectivity index (χ2v) is 9.74. The van der Waals surface area contributed by atoms with Gasteiger partial charge in [0.15, 0.2) is 11.3 Å². The molecular weight excluding hydrogens is 436 g/mol. The van der Waals surface area contributed by atoms with Crippen LogP contribution in [0.3, 0.4) is 0 Å². The van der Waals surface area contributed by atoms with Gasteiger partial charge in [0.2, 0.25) is 15.8 Å². The summed E-state index contributed by atoms with van der Waals surface area (Å²) in [5.41, 5.74) is 4.40. The lowest BCUT2D eigenvalue weighted by Crippen LogP contribution is -2.28.